The molecule has 0 aromatic heterocycles. The van der Waals surface area contributed by atoms with Crippen molar-refractivity contribution >= 4 is 5.91 Å². The Morgan fingerprint density at radius 1 is 1.31 bits per heavy atom. The summed E-state index contributed by atoms with van der Waals surface area (Å²) in [5, 5.41) is 5.79. The number of rotatable bonds is 6. The molecule has 2 N–H and O–H groups in total. The minimum atomic E-state index is -0.0131. The molecule has 0 unspecified atom stereocenters. The van der Waals surface area contributed by atoms with Crippen molar-refractivity contribution in [2.75, 3.05) is 13.1 Å². The van der Waals surface area contributed by atoms with Crippen LogP contribution in [0.2, 0.25) is 0 Å². The second-order valence-electron chi connectivity index (χ2n) is 3.39. The second kappa shape index (κ2) is 7.49. The lowest BCUT2D eigenvalue weighted by atomic mass is 10.2. The van der Waals surface area contributed by atoms with Gasteiger partial charge in [-0.1, -0.05) is 30.3 Å². The maximum absolute atomic E-state index is 11.4. The van der Waals surface area contributed by atoms with E-state index in [0.717, 1.165) is 5.56 Å². The van der Waals surface area contributed by atoms with Crippen LogP contribution in [0.3, 0.4) is 0 Å². The first-order valence-electron chi connectivity index (χ1n) is 5.27. The van der Waals surface area contributed by atoms with Gasteiger partial charge in [-0.05, 0) is 5.56 Å². The van der Waals surface area contributed by atoms with Gasteiger partial charge in [0, 0.05) is 19.5 Å². The van der Waals surface area contributed by atoms with Gasteiger partial charge in [-0.25, -0.2) is 0 Å². The van der Waals surface area contributed by atoms with Crippen molar-refractivity contribution in [2.24, 2.45) is 0 Å². The lowest BCUT2D eigenvalue weighted by molar-refractivity contribution is -0.120. The zero-order valence-corrected chi connectivity index (χ0v) is 9.20. The van der Waals surface area contributed by atoms with Crippen LogP contribution >= 0.6 is 0 Å². The molecular weight excluding hydrogens is 200 g/mol. The third-order valence-corrected chi connectivity index (χ3v) is 2.06. The van der Waals surface area contributed by atoms with Gasteiger partial charge in [0.1, 0.15) is 0 Å². The highest BCUT2D eigenvalue weighted by molar-refractivity contribution is 5.77. The Morgan fingerprint density at radius 2 is 2.06 bits per heavy atom. The van der Waals surface area contributed by atoms with Crippen molar-refractivity contribution < 1.29 is 4.79 Å². The molecule has 0 saturated carbocycles. The summed E-state index contributed by atoms with van der Waals surface area (Å²) in [6, 6.07) is 9.81. The Balaban J connectivity index is 2.14. The van der Waals surface area contributed by atoms with E-state index in [-0.39, 0.29) is 5.91 Å². The number of carbonyl (C=O) groups is 1. The average Bonchev–Trinajstić information content (AvgIpc) is 2.33. The zero-order valence-electron chi connectivity index (χ0n) is 9.20. The van der Waals surface area contributed by atoms with Crippen LogP contribution in [0.4, 0.5) is 0 Å². The van der Waals surface area contributed by atoms with Gasteiger partial charge < -0.3 is 10.6 Å². The van der Waals surface area contributed by atoms with Gasteiger partial charge in [-0.2, -0.15) is 0 Å². The molecule has 0 radical (unpaired) electrons. The predicted molar refractivity (Wildman–Crippen MR) is 64.6 cm³/mol. The van der Waals surface area contributed by atoms with Crippen LogP contribution in [0.15, 0.2) is 30.3 Å². The molecule has 1 aromatic rings. The standard InChI is InChI=1S/C13H16N2O/c1-2-3-9-14-11-13(16)15-10-12-7-5-4-6-8-12/h1,4-8,14H,3,9-11H2,(H,15,16). The van der Waals surface area contributed by atoms with E-state index in [1.54, 1.807) is 0 Å². The van der Waals surface area contributed by atoms with Crippen LogP contribution in [0.1, 0.15) is 12.0 Å². The third-order valence-electron chi connectivity index (χ3n) is 2.06. The highest BCUT2D eigenvalue weighted by Crippen LogP contribution is 1.96. The number of hydrogen-bond acceptors (Lipinski definition) is 2. The van der Waals surface area contributed by atoms with Crippen molar-refractivity contribution in [3.63, 3.8) is 0 Å². The summed E-state index contributed by atoms with van der Waals surface area (Å²) >= 11 is 0. The summed E-state index contributed by atoms with van der Waals surface area (Å²) in [6.45, 7) is 1.56. The van der Waals surface area contributed by atoms with E-state index in [1.165, 1.54) is 0 Å². The molecule has 0 aliphatic carbocycles. The van der Waals surface area contributed by atoms with E-state index in [2.05, 4.69) is 16.6 Å². The molecule has 3 nitrogen and oxygen atoms in total. The summed E-state index contributed by atoms with van der Waals surface area (Å²) in [7, 11) is 0. The molecule has 0 spiro atoms. The van der Waals surface area contributed by atoms with Crippen LogP contribution in [-0.2, 0) is 11.3 Å². The highest BCUT2D eigenvalue weighted by atomic mass is 16.1. The molecule has 84 valence electrons. The van der Waals surface area contributed by atoms with Crippen LogP contribution in [0, 0.1) is 12.3 Å². The Morgan fingerprint density at radius 3 is 2.75 bits per heavy atom. The number of hydrogen-bond donors (Lipinski definition) is 2. The first-order chi connectivity index (χ1) is 7.83. The number of nitrogens with one attached hydrogen (secondary N) is 2. The van der Waals surface area contributed by atoms with Crippen molar-refractivity contribution in [1.29, 1.82) is 0 Å². The highest BCUT2D eigenvalue weighted by Gasteiger charge is 1.99. The minimum absolute atomic E-state index is 0.0131. The van der Waals surface area contributed by atoms with Gasteiger partial charge in [0.2, 0.25) is 5.91 Å². The first kappa shape index (κ1) is 12.3. The van der Waals surface area contributed by atoms with Crippen LogP contribution in [-0.4, -0.2) is 19.0 Å². The fourth-order valence-corrected chi connectivity index (χ4v) is 1.22. The monoisotopic (exact) mass is 216 g/mol. The molecule has 0 atom stereocenters. The Bertz CT molecular complexity index is 354. The molecule has 0 bridgehead atoms. The van der Waals surface area contributed by atoms with Crippen LogP contribution in [0.5, 0.6) is 0 Å². The van der Waals surface area contributed by atoms with Crippen LogP contribution in [0.25, 0.3) is 0 Å². The summed E-state index contributed by atoms with van der Waals surface area (Å²) in [5.74, 6) is 2.49. The Kier molecular flexibility index (Phi) is 5.75. The van der Waals surface area contributed by atoms with Crippen molar-refractivity contribution in [1.82, 2.24) is 10.6 Å². The topological polar surface area (TPSA) is 41.1 Å². The predicted octanol–water partition coefficient (Wildman–Crippen LogP) is 0.916. The van der Waals surface area contributed by atoms with Gasteiger partial charge in [0.25, 0.3) is 0 Å². The molecular formula is C13H16N2O. The molecule has 16 heavy (non-hydrogen) atoms. The number of terminal acetylenes is 1. The molecule has 0 heterocycles. The lowest BCUT2D eigenvalue weighted by Crippen LogP contribution is -2.33. The van der Waals surface area contributed by atoms with E-state index in [0.29, 0.717) is 26.1 Å². The Hall–Kier alpha value is -1.79. The van der Waals surface area contributed by atoms with E-state index in [9.17, 15) is 4.79 Å². The smallest absolute Gasteiger partial charge is 0.234 e. The SMILES string of the molecule is C#CCCNCC(=O)NCc1ccccc1. The lowest BCUT2D eigenvalue weighted by Gasteiger charge is -2.05. The minimum Gasteiger partial charge on any atom is -0.351 e. The van der Waals surface area contributed by atoms with Gasteiger partial charge >= 0.3 is 0 Å². The molecule has 1 amide bonds. The molecule has 0 aliphatic rings. The summed E-state index contributed by atoms with van der Waals surface area (Å²) in [6.07, 6.45) is 5.73. The molecule has 0 fully saturated rings. The largest absolute Gasteiger partial charge is 0.351 e. The normalized spacial score (nSPS) is 9.44. The van der Waals surface area contributed by atoms with Crippen LogP contribution < -0.4 is 10.6 Å². The maximum atomic E-state index is 11.4. The zero-order chi connectivity index (χ0) is 11.6. The summed E-state index contributed by atoms with van der Waals surface area (Å²) < 4.78 is 0. The number of amides is 1. The quantitative estimate of drug-likeness (QED) is 0.548. The van der Waals surface area contributed by atoms with E-state index < -0.39 is 0 Å². The Labute approximate surface area is 96.2 Å². The van der Waals surface area contributed by atoms with E-state index in [1.807, 2.05) is 30.3 Å². The van der Waals surface area contributed by atoms with Gasteiger partial charge in [0.05, 0.1) is 6.54 Å². The van der Waals surface area contributed by atoms with E-state index in [4.69, 9.17) is 6.42 Å². The summed E-state index contributed by atoms with van der Waals surface area (Å²) in [5.41, 5.74) is 1.10. The fourth-order valence-electron chi connectivity index (χ4n) is 1.22. The average molecular weight is 216 g/mol. The maximum Gasteiger partial charge on any atom is 0.234 e. The number of benzene rings is 1. The van der Waals surface area contributed by atoms with E-state index >= 15 is 0 Å². The summed E-state index contributed by atoms with van der Waals surface area (Å²) in [4.78, 5) is 11.4. The second-order valence-corrected chi connectivity index (χ2v) is 3.39. The molecule has 1 aromatic carbocycles. The third kappa shape index (κ3) is 5.18. The van der Waals surface area contributed by atoms with Crippen molar-refractivity contribution in [3.8, 4) is 12.3 Å². The number of carbonyl (C=O) groups excluding carboxylic acids is 1. The molecule has 0 saturated heterocycles. The molecule has 3 heteroatoms. The molecule has 1 rings (SSSR count). The van der Waals surface area contributed by atoms with Gasteiger partial charge in [0.15, 0.2) is 0 Å². The first-order valence-corrected chi connectivity index (χ1v) is 5.27. The van der Waals surface area contributed by atoms with Gasteiger partial charge in [-0.3, -0.25) is 4.79 Å². The van der Waals surface area contributed by atoms with Crippen molar-refractivity contribution in [2.45, 2.75) is 13.0 Å². The van der Waals surface area contributed by atoms with Gasteiger partial charge in [-0.15, -0.1) is 12.3 Å². The fraction of sp³-hybridized carbons (Fsp3) is 0.308. The molecule has 0 aliphatic heterocycles. The van der Waals surface area contributed by atoms with Crippen molar-refractivity contribution in [3.05, 3.63) is 35.9 Å².